The van der Waals surface area contributed by atoms with Gasteiger partial charge < -0.3 is 16.0 Å². The SMILES string of the molecule is O=C1NCC[C@H]1C[C@H](NC(=O)[C@@H]1C[C@@H](C(F)(F)F)CN1)C(=O)COC(F)(F)F. The van der Waals surface area contributed by atoms with Gasteiger partial charge in [0.2, 0.25) is 11.8 Å². The van der Waals surface area contributed by atoms with Crippen LogP contribution in [0.2, 0.25) is 0 Å². The maximum absolute atomic E-state index is 12.7. The molecule has 0 radical (unpaired) electrons. The second-order valence-electron chi connectivity index (χ2n) is 6.71. The first-order valence-corrected chi connectivity index (χ1v) is 8.48. The predicted molar refractivity (Wildman–Crippen MR) is 80.6 cm³/mol. The highest BCUT2D eigenvalue weighted by Gasteiger charge is 2.46. The van der Waals surface area contributed by atoms with Crippen molar-refractivity contribution in [1.82, 2.24) is 16.0 Å². The fraction of sp³-hybridized carbons (Fsp3) is 0.800. The normalized spacial score (nSPS) is 26.8. The number of hydrogen-bond acceptors (Lipinski definition) is 5. The molecule has 2 fully saturated rings. The highest BCUT2D eigenvalue weighted by molar-refractivity contribution is 5.92. The van der Waals surface area contributed by atoms with E-state index in [4.69, 9.17) is 0 Å². The molecule has 0 aromatic heterocycles. The maximum atomic E-state index is 12.7. The van der Waals surface area contributed by atoms with E-state index >= 15 is 0 Å². The van der Waals surface area contributed by atoms with Gasteiger partial charge in [-0.05, 0) is 19.3 Å². The maximum Gasteiger partial charge on any atom is 0.522 e. The van der Waals surface area contributed by atoms with Gasteiger partial charge in [-0.25, -0.2) is 0 Å². The highest BCUT2D eigenvalue weighted by Crippen LogP contribution is 2.32. The van der Waals surface area contributed by atoms with E-state index in [-0.39, 0.29) is 6.42 Å². The molecule has 0 saturated carbocycles. The first kappa shape index (κ1) is 22.4. The van der Waals surface area contributed by atoms with Crippen LogP contribution in [0.4, 0.5) is 26.3 Å². The molecule has 0 unspecified atom stereocenters. The van der Waals surface area contributed by atoms with Gasteiger partial charge in [-0.3, -0.25) is 19.1 Å². The Hall–Kier alpha value is -1.89. The monoisotopic (exact) mass is 419 g/mol. The van der Waals surface area contributed by atoms with Crippen LogP contribution in [0.5, 0.6) is 0 Å². The van der Waals surface area contributed by atoms with Gasteiger partial charge in [0.05, 0.1) is 18.0 Å². The highest BCUT2D eigenvalue weighted by atomic mass is 19.4. The van der Waals surface area contributed by atoms with Crippen molar-refractivity contribution in [2.45, 2.75) is 43.9 Å². The second kappa shape index (κ2) is 8.64. The van der Waals surface area contributed by atoms with Crippen molar-refractivity contribution in [3.05, 3.63) is 0 Å². The number of rotatable bonds is 7. The van der Waals surface area contributed by atoms with Gasteiger partial charge in [0.1, 0.15) is 6.61 Å². The summed E-state index contributed by atoms with van der Waals surface area (Å²) in [7, 11) is 0. The van der Waals surface area contributed by atoms with Crippen molar-refractivity contribution < 1.29 is 45.5 Å². The second-order valence-corrected chi connectivity index (χ2v) is 6.71. The molecular formula is C15H19F6N3O4. The Morgan fingerprint density at radius 2 is 1.89 bits per heavy atom. The Labute approximate surface area is 155 Å². The summed E-state index contributed by atoms with van der Waals surface area (Å²) >= 11 is 0. The molecule has 2 aliphatic rings. The molecule has 0 spiro atoms. The fourth-order valence-electron chi connectivity index (χ4n) is 3.14. The van der Waals surface area contributed by atoms with Gasteiger partial charge in [-0.15, -0.1) is 13.2 Å². The fourth-order valence-corrected chi connectivity index (χ4v) is 3.14. The Morgan fingerprint density at radius 1 is 1.21 bits per heavy atom. The summed E-state index contributed by atoms with van der Waals surface area (Å²) in [4.78, 5) is 36.0. The van der Waals surface area contributed by atoms with E-state index in [2.05, 4.69) is 20.7 Å². The summed E-state index contributed by atoms with van der Waals surface area (Å²) < 4.78 is 78.1. The molecule has 28 heavy (non-hydrogen) atoms. The van der Waals surface area contributed by atoms with Crippen molar-refractivity contribution in [1.29, 1.82) is 0 Å². The van der Waals surface area contributed by atoms with Crippen LogP contribution in [-0.2, 0) is 19.1 Å². The Kier molecular flexibility index (Phi) is 6.91. The van der Waals surface area contributed by atoms with E-state index in [9.17, 15) is 40.7 Å². The van der Waals surface area contributed by atoms with Crippen molar-refractivity contribution in [2.75, 3.05) is 19.7 Å². The minimum Gasteiger partial charge on any atom is -0.356 e. The molecule has 0 aromatic rings. The van der Waals surface area contributed by atoms with Crippen LogP contribution in [-0.4, -0.2) is 61.9 Å². The van der Waals surface area contributed by atoms with E-state index in [1.54, 1.807) is 0 Å². The van der Waals surface area contributed by atoms with Crippen LogP contribution in [0.1, 0.15) is 19.3 Å². The molecule has 3 N–H and O–H groups in total. The quantitative estimate of drug-likeness (QED) is 0.527. The molecule has 2 aliphatic heterocycles. The number of Topliss-reactive ketones (excluding diaryl/α,β-unsaturated/α-hetero) is 1. The molecule has 2 heterocycles. The Bertz CT molecular complexity index is 610. The Morgan fingerprint density at radius 3 is 2.39 bits per heavy atom. The summed E-state index contributed by atoms with van der Waals surface area (Å²) in [5, 5.41) is 7.04. The number of nitrogens with one attached hydrogen (secondary N) is 3. The average Bonchev–Trinajstić information content (AvgIpc) is 3.20. The molecule has 2 rings (SSSR count). The van der Waals surface area contributed by atoms with Crippen LogP contribution >= 0.6 is 0 Å². The predicted octanol–water partition coefficient (Wildman–Crippen LogP) is 0.643. The van der Waals surface area contributed by atoms with E-state index in [1.165, 1.54) is 0 Å². The molecular weight excluding hydrogens is 400 g/mol. The van der Waals surface area contributed by atoms with Gasteiger partial charge >= 0.3 is 12.5 Å². The van der Waals surface area contributed by atoms with Crippen molar-refractivity contribution in [3.63, 3.8) is 0 Å². The van der Waals surface area contributed by atoms with Gasteiger partial charge in [0, 0.05) is 19.0 Å². The minimum atomic E-state index is -5.07. The number of hydrogen-bond donors (Lipinski definition) is 3. The third-order valence-electron chi connectivity index (χ3n) is 4.68. The third-order valence-corrected chi connectivity index (χ3v) is 4.68. The van der Waals surface area contributed by atoms with Gasteiger partial charge in [0.15, 0.2) is 5.78 Å². The number of halogens is 6. The Balaban J connectivity index is 2.00. The zero-order valence-corrected chi connectivity index (χ0v) is 14.5. The summed E-state index contributed by atoms with van der Waals surface area (Å²) in [6.07, 6.45) is -10.1. The number of alkyl halides is 6. The van der Waals surface area contributed by atoms with Crippen molar-refractivity contribution in [3.8, 4) is 0 Å². The summed E-state index contributed by atoms with van der Waals surface area (Å²) in [5.41, 5.74) is 0. The average molecular weight is 419 g/mol. The lowest BCUT2D eigenvalue weighted by molar-refractivity contribution is -0.321. The van der Waals surface area contributed by atoms with Gasteiger partial charge in [-0.2, -0.15) is 13.2 Å². The summed E-state index contributed by atoms with van der Waals surface area (Å²) in [6.45, 7) is -1.55. The number of ketones is 1. The number of amides is 2. The molecule has 7 nitrogen and oxygen atoms in total. The lowest BCUT2D eigenvalue weighted by Gasteiger charge is -2.22. The third kappa shape index (κ3) is 6.33. The zero-order valence-electron chi connectivity index (χ0n) is 14.5. The van der Waals surface area contributed by atoms with Crippen LogP contribution < -0.4 is 16.0 Å². The van der Waals surface area contributed by atoms with Crippen molar-refractivity contribution in [2.24, 2.45) is 11.8 Å². The molecule has 2 amide bonds. The summed E-state index contributed by atoms with van der Waals surface area (Å²) in [6, 6.07) is -2.74. The molecule has 160 valence electrons. The topological polar surface area (TPSA) is 96.5 Å². The van der Waals surface area contributed by atoms with Crippen LogP contribution in [0.25, 0.3) is 0 Å². The largest absolute Gasteiger partial charge is 0.522 e. The standard InChI is InChI=1S/C15H19F6N3O4/c16-14(17,18)8-4-10(23-5-8)13(27)24-9(3-7-1-2-22-12(7)26)11(25)6-28-15(19,20)21/h7-10,23H,1-6H2,(H,22,26)(H,24,27)/t7-,8+,9-,10-/m0/s1. The number of carbonyl (C=O) groups is 3. The molecule has 2 saturated heterocycles. The van der Waals surface area contributed by atoms with E-state index in [0.29, 0.717) is 13.0 Å². The van der Waals surface area contributed by atoms with Crippen molar-refractivity contribution >= 4 is 17.6 Å². The molecule has 0 aromatic carbocycles. The molecule has 4 atom stereocenters. The number of ether oxygens (including phenoxy) is 1. The van der Waals surface area contributed by atoms with Gasteiger partial charge in [-0.1, -0.05) is 0 Å². The van der Waals surface area contributed by atoms with Crippen LogP contribution in [0.3, 0.4) is 0 Å². The lowest BCUT2D eigenvalue weighted by atomic mass is 9.95. The van der Waals surface area contributed by atoms with Crippen LogP contribution in [0.15, 0.2) is 0 Å². The van der Waals surface area contributed by atoms with Gasteiger partial charge in [0.25, 0.3) is 0 Å². The number of carbonyl (C=O) groups excluding carboxylic acids is 3. The van der Waals surface area contributed by atoms with E-state index in [0.717, 1.165) is 0 Å². The first-order chi connectivity index (χ1) is 12.9. The smallest absolute Gasteiger partial charge is 0.356 e. The minimum absolute atomic E-state index is 0.271. The molecule has 13 heteroatoms. The zero-order chi connectivity index (χ0) is 21.1. The lowest BCUT2D eigenvalue weighted by Crippen LogP contribution is -2.50. The first-order valence-electron chi connectivity index (χ1n) is 8.48. The summed E-state index contributed by atoms with van der Waals surface area (Å²) in [5.74, 6) is -4.95. The van der Waals surface area contributed by atoms with E-state index < -0.39 is 73.6 Å². The molecule has 0 bridgehead atoms. The van der Waals surface area contributed by atoms with E-state index in [1.807, 2.05) is 0 Å². The van der Waals surface area contributed by atoms with Crippen LogP contribution in [0, 0.1) is 11.8 Å². The molecule has 0 aliphatic carbocycles.